The number of para-hydroxylation sites is 1. The minimum atomic E-state index is -0.0611. The smallest absolute Gasteiger partial charge is 0.227 e. The number of nitrogens with one attached hydrogen (secondary N) is 1. The van der Waals surface area contributed by atoms with Crippen molar-refractivity contribution in [2.75, 3.05) is 11.9 Å². The Labute approximate surface area is 120 Å². The Bertz CT molecular complexity index is 543. The average molecular weight is 320 g/mol. The zero-order chi connectivity index (χ0) is 13.5. The Balaban J connectivity index is 1.76. The van der Waals surface area contributed by atoms with Crippen molar-refractivity contribution in [3.8, 4) is 5.75 Å². The maximum absolute atomic E-state index is 11.7. The number of benzene rings is 2. The van der Waals surface area contributed by atoms with Gasteiger partial charge in [0.25, 0.3) is 0 Å². The van der Waals surface area contributed by atoms with Gasteiger partial charge in [0.05, 0.1) is 13.0 Å². The Morgan fingerprint density at radius 2 is 1.89 bits per heavy atom. The molecule has 0 saturated heterocycles. The summed E-state index contributed by atoms with van der Waals surface area (Å²) in [5.41, 5.74) is 0.777. The van der Waals surface area contributed by atoms with E-state index < -0.39 is 0 Å². The molecule has 1 N–H and O–H groups in total. The fourth-order valence-electron chi connectivity index (χ4n) is 1.57. The number of ether oxygens (including phenoxy) is 1. The second-order valence-corrected chi connectivity index (χ2v) is 4.89. The van der Waals surface area contributed by atoms with E-state index in [1.54, 1.807) is 0 Å². The topological polar surface area (TPSA) is 38.3 Å². The Hall–Kier alpha value is -1.81. The number of amides is 1. The second kappa shape index (κ2) is 6.95. The molecule has 2 rings (SSSR count). The van der Waals surface area contributed by atoms with Crippen LogP contribution >= 0.6 is 15.9 Å². The lowest BCUT2D eigenvalue weighted by Crippen LogP contribution is -2.15. The summed E-state index contributed by atoms with van der Waals surface area (Å²) in [6, 6.07) is 16.9. The van der Waals surface area contributed by atoms with Crippen molar-refractivity contribution in [2.45, 2.75) is 6.42 Å². The van der Waals surface area contributed by atoms with Crippen LogP contribution in [-0.2, 0) is 4.79 Å². The van der Waals surface area contributed by atoms with E-state index in [0.717, 1.165) is 15.9 Å². The lowest BCUT2D eigenvalue weighted by atomic mass is 10.3. The number of hydrogen-bond acceptors (Lipinski definition) is 2. The van der Waals surface area contributed by atoms with Gasteiger partial charge in [0.15, 0.2) is 0 Å². The van der Waals surface area contributed by atoms with E-state index in [4.69, 9.17) is 4.74 Å². The summed E-state index contributed by atoms with van der Waals surface area (Å²) in [5.74, 6) is 0.715. The molecule has 2 aromatic rings. The highest BCUT2D eigenvalue weighted by Gasteiger charge is 2.03. The molecule has 0 aliphatic heterocycles. The van der Waals surface area contributed by atoms with Crippen LogP contribution in [0.3, 0.4) is 0 Å². The highest BCUT2D eigenvalue weighted by atomic mass is 79.9. The third-order valence-corrected chi connectivity index (χ3v) is 2.94. The number of halogens is 1. The van der Waals surface area contributed by atoms with Gasteiger partial charge in [0, 0.05) is 10.2 Å². The molecular formula is C15H14BrNO2. The maximum atomic E-state index is 11.7. The lowest BCUT2D eigenvalue weighted by Gasteiger charge is -2.07. The molecular weight excluding hydrogens is 306 g/mol. The average Bonchev–Trinajstić information content (AvgIpc) is 2.40. The van der Waals surface area contributed by atoms with Crippen molar-refractivity contribution >= 4 is 27.5 Å². The number of carbonyl (C=O) groups excluding carboxylic acids is 1. The Kier molecular flexibility index (Phi) is 4.98. The number of anilines is 1. The highest BCUT2D eigenvalue weighted by molar-refractivity contribution is 9.10. The van der Waals surface area contributed by atoms with Gasteiger partial charge >= 0.3 is 0 Å². The first kappa shape index (κ1) is 13.6. The molecule has 0 radical (unpaired) electrons. The van der Waals surface area contributed by atoms with E-state index >= 15 is 0 Å². The normalized spacial score (nSPS) is 9.95. The van der Waals surface area contributed by atoms with Gasteiger partial charge in [-0.05, 0) is 30.3 Å². The van der Waals surface area contributed by atoms with E-state index in [1.165, 1.54) is 0 Å². The maximum Gasteiger partial charge on any atom is 0.227 e. The van der Waals surface area contributed by atoms with Crippen molar-refractivity contribution < 1.29 is 9.53 Å². The fourth-order valence-corrected chi connectivity index (χ4v) is 1.97. The third-order valence-electron chi connectivity index (χ3n) is 2.45. The van der Waals surface area contributed by atoms with E-state index in [2.05, 4.69) is 21.2 Å². The van der Waals surface area contributed by atoms with Crippen molar-refractivity contribution in [3.63, 3.8) is 0 Å². The lowest BCUT2D eigenvalue weighted by molar-refractivity contribution is -0.116. The van der Waals surface area contributed by atoms with Crippen molar-refractivity contribution in [1.82, 2.24) is 0 Å². The van der Waals surface area contributed by atoms with Crippen LogP contribution in [-0.4, -0.2) is 12.5 Å². The van der Waals surface area contributed by atoms with Crippen LogP contribution in [0.5, 0.6) is 5.75 Å². The molecule has 4 heteroatoms. The van der Waals surface area contributed by atoms with Gasteiger partial charge in [-0.2, -0.15) is 0 Å². The van der Waals surface area contributed by atoms with Gasteiger partial charge in [-0.3, -0.25) is 4.79 Å². The quantitative estimate of drug-likeness (QED) is 0.908. The Morgan fingerprint density at radius 1 is 1.11 bits per heavy atom. The zero-order valence-electron chi connectivity index (χ0n) is 10.3. The van der Waals surface area contributed by atoms with Crippen molar-refractivity contribution in [3.05, 3.63) is 59.1 Å². The second-order valence-electron chi connectivity index (χ2n) is 3.97. The molecule has 0 bridgehead atoms. The standard InChI is InChI=1S/C15H14BrNO2/c16-12-5-4-6-13(11-12)17-15(18)9-10-19-14-7-2-1-3-8-14/h1-8,11H,9-10H2,(H,17,18). The van der Waals surface area contributed by atoms with Gasteiger partial charge in [-0.1, -0.05) is 40.2 Å². The van der Waals surface area contributed by atoms with Gasteiger partial charge in [0.2, 0.25) is 5.91 Å². The van der Waals surface area contributed by atoms with Crippen LogP contribution in [0.4, 0.5) is 5.69 Å². The van der Waals surface area contributed by atoms with Crippen molar-refractivity contribution in [1.29, 1.82) is 0 Å². The van der Waals surface area contributed by atoms with Crippen molar-refractivity contribution in [2.24, 2.45) is 0 Å². The summed E-state index contributed by atoms with van der Waals surface area (Å²) in [6.45, 7) is 0.365. The monoisotopic (exact) mass is 319 g/mol. The highest BCUT2D eigenvalue weighted by Crippen LogP contribution is 2.15. The molecule has 0 saturated carbocycles. The molecule has 98 valence electrons. The number of hydrogen-bond donors (Lipinski definition) is 1. The van der Waals surface area contributed by atoms with Crippen LogP contribution in [0.2, 0.25) is 0 Å². The first-order valence-corrected chi connectivity index (χ1v) is 6.76. The molecule has 0 unspecified atom stereocenters. The molecule has 0 aromatic heterocycles. The first-order chi connectivity index (χ1) is 9.24. The van der Waals surface area contributed by atoms with E-state index in [0.29, 0.717) is 13.0 Å². The molecule has 0 aliphatic carbocycles. The van der Waals surface area contributed by atoms with Gasteiger partial charge < -0.3 is 10.1 Å². The fraction of sp³-hybridized carbons (Fsp3) is 0.133. The zero-order valence-corrected chi connectivity index (χ0v) is 11.9. The predicted octanol–water partition coefficient (Wildman–Crippen LogP) is 3.86. The molecule has 0 fully saturated rings. The molecule has 3 nitrogen and oxygen atoms in total. The minimum Gasteiger partial charge on any atom is -0.493 e. The Morgan fingerprint density at radius 3 is 2.63 bits per heavy atom. The summed E-state index contributed by atoms with van der Waals surface area (Å²) in [7, 11) is 0. The van der Waals surface area contributed by atoms with Crippen LogP contribution in [0.15, 0.2) is 59.1 Å². The molecule has 0 heterocycles. The minimum absolute atomic E-state index is 0.0611. The van der Waals surface area contributed by atoms with Crippen LogP contribution < -0.4 is 10.1 Å². The summed E-state index contributed by atoms with van der Waals surface area (Å²) in [6.07, 6.45) is 0.321. The third kappa shape index (κ3) is 4.75. The number of carbonyl (C=O) groups is 1. The number of rotatable bonds is 5. The summed E-state index contributed by atoms with van der Waals surface area (Å²) in [5, 5.41) is 2.82. The van der Waals surface area contributed by atoms with Crippen LogP contribution in [0.1, 0.15) is 6.42 Å². The molecule has 1 amide bonds. The summed E-state index contributed by atoms with van der Waals surface area (Å²) >= 11 is 3.36. The molecule has 19 heavy (non-hydrogen) atoms. The van der Waals surface area contributed by atoms with E-state index in [-0.39, 0.29) is 5.91 Å². The van der Waals surface area contributed by atoms with E-state index in [9.17, 15) is 4.79 Å². The van der Waals surface area contributed by atoms with Crippen LogP contribution in [0, 0.1) is 0 Å². The summed E-state index contributed by atoms with van der Waals surface area (Å²) < 4.78 is 6.40. The van der Waals surface area contributed by atoms with Gasteiger partial charge in [0.1, 0.15) is 5.75 Å². The van der Waals surface area contributed by atoms with Gasteiger partial charge in [-0.15, -0.1) is 0 Å². The largest absolute Gasteiger partial charge is 0.493 e. The van der Waals surface area contributed by atoms with Gasteiger partial charge in [-0.25, -0.2) is 0 Å². The molecule has 0 atom stereocenters. The predicted molar refractivity (Wildman–Crippen MR) is 79.3 cm³/mol. The molecule has 0 spiro atoms. The molecule has 2 aromatic carbocycles. The molecule has 0 aliphatic rings. The van der Waals surface area contributed by atoms with Crippen LogP contribution in [0.25, 0.3) is 0 Å². The SMILES string of the molecule is O=C(CCOc1ccccc1)Nc1cccc(Br)c1. The van der Waals surface area contributed by atoms with E-state index in [1.807, 2.05) is 54.6 Å². The first-order valence-electron chi connectivity index (χ1n) is 5.97. The summed E-state index contributed by atoms with van der Waals surface area (Å²) in [4.78, 5) is 11.7.